The predicted molar refractivity (Wildman–Crippen MR) is 57.7 cm³/mol. The monoisotopic (exact) mass is 266 g/mol. The highest BCUT2D eigenvalue weighted by Crippen LogP contribution is 2.37. The topological polar surface area (TPSA) is 45.2 Å². The van der Waals surface area contributed by atoms with Crippen molar-refractivity contribution in [1.82, 2.24) is 10.3 Å². The van der Waals surface area contributed by atoms with E-state index in [0.717, 1.165) is 25.6 Å². The molecule has 1 saturated heterocycles. The second-order valence-electron chi connectivity index (χ2n) is 4.12. The summed E-state index contributed by atoms with van der Waals surface area (Å²) in [6.45, 7) is 1.54. The SMILES string of the molecule is OC(c1cnc(C(F)(F)F)s1)C1CCCNC1. The highest BCUT2D eigenvalue weighted by molar-refractivity contribution is 7.11. The van der Waals surface area contributed by atoms with Gasteiger partial charge >= 0.3 is 6.18 Å². The Morgan fingerprint density at radius 2 is 2.29 bits per heavy atom. The van der Waals surface area contributed by atoms with Gasteiger partial charge in [-0.2, -0.15) is 13.2 Å². The number of hydrogen-bond donors (Lipinski definition) is 2. The zero-order valence-corrected chi connectivity index (χ0v) is 9.81. The predicted octanol–water partition coefficient (Wildman–Crippen LogP) is 2.19. The molecule has 0 bridgehead atoms. The average Bonchev–Trinajstić information content (AvgIpc) is 2.78. The standard InChI is InChI=1S/C10H13F3N2OS/c11-10(12,13)9-15-5-7(17-9)8(16)6-2-1-3-14-4-6/h5-6,8,14,16H,1-4H2. The maximum Gasteiger partial charge on any atom is 0.443 e. The minimum Gasteiger partial charge on any atom is -0.387 e. The Labute approximate surface area is 101 Å². The molecule has 0 aliphatic carbocycles. The highest BCUT2D eigenvalue weighted by atomic mass is 32.1. The summed E-state index contributed by atoms with van der Waals surface area (Å²) in [4.78, 5) is 3.61. The number of piperidine rings is 1. The fraction of sp³-hybridized carbons (Fsp3) is 0.700. The number of aliphatic hydroxyl groups is 1. The van der Waals surface area contributed by atoms with Crippen LogP contribution in [0.5, 0.6) is 0 Å². The summed E-state index contributed by atoms with van der Waals surface area (Å²) < 4.78 is 37.1. The molecule has 0 saturated carbocycles. The van der Waals surface area contributed by atoms with Gasteiger partial charge in [-0.25, -0.2) is 4.98 Å². The maximum atomic E-state index is 12.4. The Hall–Kier alpha value is -0.660. The van der Waals surface area contributed by atoms with Crippen molar-refractivity contribution in [2.24, 2.45) is 5.92 Å². The maximum absolute atomic E-state index is 12.4. The van der Waals surface area contributed by atoms with Gasteiger partial charge < -0.3 is 10.4 Å². The number of rotatable bonds is 2. The van der Waals surface area contributed by atoms with E-state index in [0.29, 0.717) is 22.8 Å². The van der Waals surface area contributed by atoms with E-state index >= 15 is 0 Å². The van der Waals surface area contributed by atoms with E-state index < -0.39 is 17.3 Å². The molecule has 1 aliphatic heterocycles. The van der Waals surface area contributed by atoms with Crippen LogP contribution in [0.2, 0.25) is 0 Å². The van der Waals surface area contributed by atoms with Crippen LogP contribution in [-0.2, 0) is 6.18 Å². The van der Waals surface area contributed by atoms with E-state index in [1.165, 1.54) is 0 Å². The van der Waals surface area contributed by atoms with Crippen LogP contribution in [0.3, 0.4) is 0 Å². The van der Waals surface area contributed by atoms with Gasteiger partial charge in [-0.05, 0) is 19.4 Å². The average molecular weight is 266 g/mol. The Bertz CT molecular complexity index is 374. The second-order valence-corrected chi connectivity index (χ2v) is 5.18. The molecule has 1 aromatic heterocycles. The number of aliphatic hydroxyl groups excluding tert-OH is 1. The molecule has 0 radical (unpaired) electrons. The van der Waals surface area contributed by atoms with Crippen molar-refractivity contribution in [3.63, 3.8) is 0 Å². The Balaban J connectivity index is 2.08. The molecule has 1 aliphatic rings. The summed E-state index contributed by atoms with van der Waals surface area (Å²) in [6.07, 6.45) is -2.38. The number of thiazole rings is 1. The Morgan fingerprint density at radius 3 is 2.82 bits per heavy atom. The summed E-state index contributed by atoms with van der Waals surface area (Å²) in [6, 6.07) is 0. The molecule has 0 aromatic carbocycles. The van der Waals surface area contributed by atoms with Gasteiger partial charge in [0.15, 0.2) is 5.01 Å². The molecule has 1 aromatic rings. The third kappa shape index (κ3) is 2.97. The first kappa shape index (κ1) is 12.8. The van der Waals surface area contributed by atoms with E-state index in [-0.39, 0.29) is 5.92 Å². The van der Waals surface area contributed by atoms with Crippen LogP contribution in [-0.4, -0.2) is 23.2 Å². The van der Waals surface area contributed by atoms with Gasteiger partial charge in [0.25, 0.3) is 0 Å². The fourth-order valence-electron chi connectivity index (χ4n) is 1.93. The highest BCUT2D eigenvalue weighted by Gasteiger charge is 2.36. The largest absolute Gasteiger partial charge is 0.443 e. The van der Waals surface area contributed by atoms with Gasteiger partial charge in [0.1, 0.15) is 0 Å². The first-order chi connectivity index (χ1) is 7.98. The summed E-state index contributed by atoms with van der Waals surface area (Å²) in [5.41, 5.74) is 0. The lowest BCUT2D eigenvalue weighted by molar-refractivity contribution is -0.137. The van der Waals surface area contributed by atoms with Crippen molar-refractivity contribution < 1.29 is 18.3 Å². The number of halogens is 3. The molecule has 2 N–H and O–H groups in total. The Morgan fingerprint density at radius 1 is 1.53 bits per heavy atom. The van der Waals surface area contributed by atoms with Crippen LogP contribution < -0.4 is 5.32 Å². The normalized spacial score (nSPS) is 23.6. The second kappa shape index (κ2) is 4.91. The van der Waals surface area contributed by atoms with Gasteiger partial charge in [0.2, 0.25) is 0 Å². The lowest BCUT2D eigenvalue weighted by Gasteiger charge is -2.26. The van der Waals surface area contributed by atoms with Crippen molar-refractivity contribution in [2.75, 3.05) is 13.1 Å². The quantitative estimate of drug-likeness (QED) is 0.862. The van der Waals surface area contributed by atoms with Crippen molar-refractivity contribution in [3.8, 4) is 0 Å². The van der Waals surface area contributed by atoms with Crippen molar-refractivity contribution >= 4 is 11.3 Å². The van der Waals surface area contributed by atoms with Gasteiger partial charge in [-0.1, -0.05) is 0 Å². The summed E-state index contributed by atoms with van der Waals surface area (Å²) >= 11 is 0.528. The van der Waals surface area contributed by atoms with Crippen LogP contribution >= 0.6 is 11.3 Å². The third-order valence-corrected chi connectivity index (χ3v) is 3.95. The van der Waals surface area contributed by atoms with Crippen molar-refractivity contribution in [2.45, 2.75) is 25.1 Å². The van der Waals surface area contributed by atoms with E-state index in [4.69, 9.17) is 0 Å². The molecule has 2 atom stereocenters. The zero-order chi connectivity index (χ0) is 12.5. The van der Waals surface area contributed by atoms with E-state index in [2.05, 4.69) is 10.3 Å². The first-order valence-electron chi connectivity index (χ1n) is 5.40. The number of nitrogens with one attached hydrogen (secondary N) is 1. The van der Waals surface area contributed by atoms with E-state index in [1.807, 2.05) is 0 Å². The molecule has 17 heavy (non-hydrogen) atoms. The van der Waals surface area contributed by atoms with Crippen LogP contribution in [0.1, 0.15) is 28.8 Å². The third-order valence-electron chi connectivity index (χ3n) is 2.84. The number of hydrogen-bond acceptors (Lipinski definition) is 4. The lowest BCUT2D eigenvalue weighted by atomic mass is 9.93. The van der Waals surface area contributed by atoms with Crippen LogP contribution in [0, 0.1) is 5.92 Å². The molecule has 1 fully saturated rings. The van der Waals surface area contributed by atoms with Gasteiger partial charge in [0.05, 0.1) is 11.0 Å². The summed E-state index contributed by atoms with van der Waals surface area (Å²) in [7, 11) is 0. The van der Waals surface area contributed by atoms with Crippen LogP contribution in [0.15, 0.2) is 6.20 Å². The van der Waals surface area contributed by atoms with Gasteiger partial charge in [0, 0.05) is 18.7 Å². The molecular formula is C10H13F3N2OS. The number of nitrogens with zero attached hydrogens (tertiary/aromatic N) is 1. The fourth-order valence-corrected chi connectivity index (χ4v) is 2.80. The van der Waals surface area contributed by atoms with Crippen molar-refractivity contribution in [1.29, 1.82) is 0 Å². The Kier molecular flexibility index (Phi) is 3.70. The van der Waals surface area contributed by atoms with Gasteiger partial charge in [-0.15, -0.1) is 11.3 Å². The molecular weight excluding hydrogens is 253 g/mol. The van der Waals surface area contributed by atoms with Crippen LogP contribution in [0.4, 0.5) is 13.2 Å². The molecule has 0 amide bonds. The molecule has 2 heterocycles. The molecule has 96 valence electrons. The van der Waals surface area contributed by atoms with Crippen LogP contribution in [0.25, 0.3) is 0 Å². The van der Waals surface area contributed by atoms with E-state index in [9.17, 15) is 18.3 Å². The lowest BCUT2D eigenvalue weighted by Crippen LogP contribution is -2.33. The summed E-state index contributed by atoms with van der Waals surface area (Å²) in [5.74, 6) is -0.0229. The number of aromatic nitrogens is 1. The number of alkyl halides is 3. The minimum absolute atomic E-state index is 0.0229. The first-order valence-corrected chi connectivity index (χ1v) is 6.22. The smallest absolute Gasteiger partial charge is 0.387 e. The molecule has 2 rings (SSSR count). The van der Waals surface area contributed by atoms with E-state index in [1.54, 1.807) is 0 Å². The van der Waals surface area contributed by atoms with Crippen molar-refractivity contribution in [3.05, 3.63) is 16.1 Å². The minimum atomic E-state index is -4.42. The van der Waals surface area contributed by atoms with Gasteiger partial charge in [-0.3, -0.25) is 0 Å². The molecule has 7 heteroatoms. The molecule has 0 spiro atoms. The summed E-state index contributed by atoms with van der Waals surface area (Å²) in [5, 5.41) is 12.2. The molecule has 3 nitrogen and oxygen atoms in total. The zero-order valence-electron chi connectivity index (χ0n) is 9.00. The molecule has 2 unspecified atom stereocenters.